The first-order valence-electron chi connectivity index (χ1n) is 5.58. The molecule has 90 valence electrons. The fraction of sp³-hybridized carbons (Fsp3) is 0.583. The molecule has 0 aliphatic carbocycles. The van der Waals surface area contributed by atoms with Crippen LogP contribution in [0.1, 0.15) is 40.3 Å². The Labute approximate surface area is 100 Å². The zero-order valence-electron chi connectivity index (χ0n) is 10.9. The van der Waals surface area contributed by atoms with Crippen molar-refractivity contribution in [2.75, 3.05) is 5.73 Å². The molecule has 1 heterocycles. The highest BCUT2D eigenvalue weighted by Gasteiger charge is 2.25. The zero-order valence-corrected chi connectivity index (χ0v) is 12.3. The third kappa shape index (κ3) is 3.94. The highest BCUT2D eigenvalue weighted by molar-refractivity contribution is 6.31. The van der Waals surface area contributed by atoms with Gasteiger partial charge in [0.1, 0.15) is 5.82 Å². The van der Waals surface area contributed by atoms with E-state index in [2.05, 4.69) is 25.8 Å². The summed E-state index contributed by atoms with van der Waals surface area (Å²) in [6.07, 6.45) is 0. The predicted octanol–water partition coefficient (Wildman–Crippen LogP) is 2.22. The molecule has 0 unspecified atom stereocenters. The first-order valence-corrected chi connectivity index (χ1v) is 6.86. The average molecular weight is 238 g/mol. The molecule has 0 aromatic carbocycles. The van der Waals surface area contributed by atoms with Gasteiger partial charge in [-0.05, 0) is 31.0 Å². The second kappa shape index (κ2) is 4.55. The number of rotatable bonds is 3. The van der Waals surface area contributed by atoms with Gasteiger partial charge in [0.15, 0.2) is 9.76 Å². The molecule has 0 fully saturated rings. The molecule has 1 rings (SSSR count). The lowest BCUT2D eigenvalue weighted by molar-refractivity contribution is 0.105. The fourth-order valence-electron chi connectivity index (χ4n) is 1.26. The summed E-state index contributed by atoms with van der Waals surface area (Å²) in [6, 6.07) is 5.68. The maximum absolute atomic E-state index is 6.06. The number of aromatic nitrogens is 1. The summed E-state index contributed by atoms with van der Waals surface area (Å²) in [5.41, 5.74) is 6.25. The Morgan fingerprint density at radius 2 is 1.81 bits per heavy atom. The minimum Gasteiger partial charge on any atom is -0.413 e. The van der Waals surface area contributed by atoms with Crippen LogP contribution in [0.3, 0.4) is 0 Å². The first-order chi connectivity index (χ1) is 7.21. The number of nitrogen functional groups attached to an aromatic ring is 1. The molecule has 0 saturated carbocycles. The summed E-state index contributed by atoms with van der Waals surface area (Å²) in [5, 5.41) is 0.289. The highest BCUT2D eigenvalue weighted by Crippen LogP contribution is 2.28. The van der Waals surface area contributed by atoms with Gasteiger partial charge in [0, 0.05) is 0 Å². The molecule has 0 radical (unpaired) electrons. The number of nitrogens with zero attached hydrogens (tertiary/aromatic N) is 1. The van der Waals surface area contributed by atoms with E-state index in [4.69, 9.17) is 10.2 Å². The third-order valence-electron chi connectivity index (χ3n) is 2.25. The molecule has 0 bridgehead atoms. The van der Waals surface area contributed by atoms with Crippen molar-refractivity contribution in [2.45, 2.75) is 45.3 Å². The lowest BCUT2D eigenvalue weighted by Crippen LogP contribution is -2.28. The van der Waals surface area contributed by atoms with Gasteiger partial charge in [-0.1, -0.05) is 26.8 Å². The van der Waals surface area contributed by atoms with Crippen LogP contribution < -0.4 is 5.73 Å². The van der Waals surface area contributed by atoms with E-state index in [1.165, 1.54) is 0 Å². The maximum Gasteiger partial charge on any atom is 0.168 e. The van der Waals surface area contributed by atoms with Crippen LogP contribution in [-0.4, -0.2) is 14.7 Å². The molecule has 0 spiro atoms. The molecule has 2 N–H and O–H groups in total. The third-order valence-corrected chi connectivity index (χ3v) is 3.99. The molecule has 1 aromatic heterocycles. The standard InChI is InChI=1S/C12H22N2OSi/c1-11(2,3)16-15-12(4,5)9-7-6-8-10(13)14-9/h6-8H,16H2,1-5H3,(H2,13,14). The number of nitrogens with two attached hydrogens (primary N) is 1. The molecule has 0 amide bonds. The summed E-state index contributed by atoms with van der Waals surface area (Å²) in [6.45, 7) is 10.7. The van der Waals surface area contributed by atoms with Crippen molar-refractivity contribution in [3.8, 4) is 0 Å². The van der Waals surface area contributed by atoms with Crippen molar-refractivity contribution in [1.82, 2.24) is 4.98 Å². The lowest BCUT2D eigenvalue weighted by atomic mass is 10.1. The molecule has 0 aliphatic heterocycles. The largest absolute Gasteiger partial charge is 0.413 e. The van der Waals surface area contributed by atoms with Crippen molar-refractivity contribution in [1.29, 1.82) is 0 Å². The number of hydrogen-bond donors (Lipinski definition) is 1. The molecule has 4 heteroatoms. The van der Waals surface area contributed by atoms with Crippen LogP contribution in [0.4, 0.5) is 5.82 Å². The molecule has 0 aliphatic rings. The number of pyridine rings is 1. The summed E-state index contributed by atoms with van der Waals surface area (Å²) in [7, 11) is -0.591. The van der Waals surface area contributed by atoms with Crippen LogP contribution in [-0.2, 0) is 10.0 Å². The van der Waals surface area contributed by atoms with Crippen molar-refractivity contribution < 1.29 is 4.43 Å². The van der Waals surface area contributed by atoms with Gasteiger partial charge in [-0.15, -0.1) is 0 Å². The van der Waals surface area contributed by atoms with Crippen molar-refractivity contribution in [2.24, 2.45) is 0 Å². The normalized spacial score (nSPS) is 13.6. The average Bonchev–Trinajstić information content (AvgIpc) is 2.14. The SMILES string of the molecule is CC(C)(C)[SiH2]OC(C)(C)c1cccc(N)n1. The van der Waals surface area contributed by atoms with Gasteiger partial charge in [0.05, 0.1) is 11.3 Å². The smallest absolute Gasteiger partial charge is 0.168 e. The molecule has 0 atom stereocenters. The second-order valence-electron chi connectivity index (χ2n) is 5.81. The minimum atomic E-state index is -0.591. The molecule has 0 saturated heterocycles. The van der Waals surface area contributed by atoms with Crippen LogP contribution in [0.15, 0.2) is 18.2 Å². The Morgan fingerprint density at radius 3 is 2.31 bits per heavy atom. The maximum atomic E-state index is 6.06. The van der Waals surface area contributed by atoms with Gasteiger partial charge in [0.2, 0.25) is 0 Å². The van der Waals surface area contributed by atoms with E-state index in [0.29, 0.717) is 5.82 Å². The number of hydrogen-bond acceptors (Lipinski definition) is 3. The van der Waals surface area contributed by atoms with Gasteiger partial charge in [0.25, 0.3) is 0 Å². The quantitative estimate of drug-likeness (QED) is 0.821. The van der Waals surface area contributed by atoms with Crippen LogP contribution in [0.25, 0.3) is 0 Å². The van der Waals surface area contributed by atoms with E-state index in [9.17, 15) is 0 Å². The van der Waals surface area contributed by atoms with Crippen molar-refractivity contribution in [3.05, 3.63) is 23.9 Å². The van der Waals surface area contributed by atoms with Crippen LogP contribution in [0.5, 0.6) is 0 Å². The van der Waals surface area contributed by atoms with Gasteiger partial charge in [-0.2, -0.15) is 0 Å². The van der Waals surface area contributed by atoms with E-state index in [1.807, 2.05) is 26.0 Å². The van der Waals surface area contributed by atoms with Gasteiger partial charge >= 0.3 is 0 Å². The molecule has 3 nitrogen and oxygen atoms in total. The van der Waals surface area contributed by atoms with E-state index < -0.39 is 9.76 Å². The molecule has 16 heavy (non-hydrogen) atoms. The van der Waals surface area contributed by atoms with E-state index in [-0.39, 0.29) is 10.6 Å². The topological polar surface area (TPSA) is 48.1 Å². The van der Waals surface area contributed by atoms with Crippen molar-refractivity contribution in [3.63, 3.8) is 0 Å². The Balaban J connectivity index is 2.77. The van der Waals surface area contributed by atoms with E-state index in [1.54, 1.807) is 6.07 Å². The second-order valence-corrected chi connectivity index (χ2v) is 8.51. The summed E-state index contributed by atoms with van der Waals surface area (Å²) >= 11 is 0. The predicted molar refractivity (Wildman–Crippen MR) is 71.0 cm³/mol. The number of anilines is 1. The first kappa shape index (κ1) is 13.2. The Morgan fingerprint density at radius 1 is 1.19 bits per heavy atom. The minimum absolute atomic E-state index is 0.289. The summed E-state index contributed by atoms with van der Waals surface area (Å²) in [5.74, 6) is 0.548. The zero-order chi connectivity index (χ0) is 12.4. The monoisotopic (exact) mass is 238 g/mol. The van der Waals surface area contributed by atoms with Gasteiger partial charge in [-0.25, -0.2) is 4.98 Å². The van der Waals surface area contributed by atoms with Crippen LogP contribution in [0.2, 0.25) is 5.04 Å². The van der Waals surface area contributed by atoms with Crippen LogP contribution in [0, 0.1) is 0 Å². The fourth-order valence-corrected chi connectivity index (χ4v) is 2.20. The summed E-state index contributed by atoms with van der Waals surface area (Å²) < 4.78 is 6.06. The Hall–Kier alpha value is -0.873. The highest BCUT2D eigenvalue weighted by atomic mass is 28.2. The molecular weight excluding hydrogens is 216 g/mol. The Kier molecular flexibility index (Phi) is 3.75. The summed E-state index contributed by atoms with van der Waals surface area (Å²) in [4.78, 5) is 4.32. The molecule has 1 aromatic rings. The molecular formula is C12H22N2OSi. The van der Waals surface area contributed by atoms with Crippen molar-refractivity contribution >= 4 is 15.6 Å². The van der Waals surface area contributed by atoms with E-state index in [0.717, 1.165) is 5.69 Å². The van der Waals surface area contributed by atoms with Gasteiger partial charge < -0.3 is 10.2 Å². The van der Waals surface area contributed by atoms with Crippen LogP contribution >= 0.6 is 0 Å². The Bertz CT molecular complexity index is 358. The van der Waals surface area contributed by atoms with E-state index >= 15 is 0 Å². The lowest BCUT2D eigenvalue weighted by Gasteiger charge is -2.29. The van der Waals surface area contributed by atoms with Gasteiger partial charge in [-0.3, -0.25) is 0 Å².